The van der Waals surface area contributed by atoms with Crippen LogP contribution in [-0.4, -0.2) is 26.1 Å². The van der Waals surface area contributed by atoms with E-state index in [9.17, 15) is 0 Å². The van der Waals surface area contributed by atoms with E-state index in [4.69, 9.17) is 0 Å². The third kappa shape index (κ3) is 2.42. The third-order valence-electron chi connectivity index (χ3n) is 3.61. The minimum Gasteiger partial charge on any atom is -0.305 e. The predicted octanol–water partition coefficient (Wildman–Crippen LogP) is 1.95. The molecule has 0 fully saturated rings. The Hall–Kier alpha value is -1.62. The molecule has 0 bridgehead atoms. The van der Waals surface area contributed by atoms with E-state index in [0.29, 0.717) is 0 Å². The molecule has 2 rings (SSSR count). The number of nitrogens with one attached hydrogen (secondary N) is 1. The van der Waals surface area contributed by atoms with Gasteiger partial charge in [0, 0.05) is 31.0 Å². The maximum atomic E-state index is 4.53. The molecule has 0 amide bonds. The number of nitrogens with zero attached hydrogens (tertiary/aromatic N) is 4. The highest BCUT2D eigenvalue weighted by molar-refractivity contribution is 5.34. The van der Waals surface area contributed by atoms with E-state index in [0.717, 1.165) is 18.8 Å². The first-order valence-corrected chi connectivity index (χ1v) is 6.85. The Balaban J connectivity index is 2.51. The molecule has 19 heavy (non-hydrogen) atoms. The molecule has 1 atom stereocenters. The first-order chi connectivity index (χ1) is 9.10. The quantitative estimate of drug-likeness (QED) is 0.895. The van der Waals surface area contributed by atoms with Gasteiger partial charge in [-0.1, -0.05) is 6.92 Å². The van der Waals surface area contributed by atoms with Gasteiger partial charge in [-0.3, -0.25) is 9.36 Å². The molecule has 0 aliphatic heterocycles. The molecule has 0 saturated heterocycles. The Morgan fingerprint density at radius 2 is 2.05 bits per heavy atom. The molecule has 0 aromatic carbocycles. The second-order valence-corrected chi connectivity index (χ2v) is 4.77. The Labute approximate surface area is 114 Å². The van der Waals surface area contributed by atoms with Gasteiger partial charge < -0.3 is 5.32 Å². The molecule has 1 unspecified atom stereocenters. The second kappa shape index (κ2) is 5.57. The monoisotopic (exact) mass is 261 g/mol. The van der Waals surface area contributed by atoms with Gasteiger partial charge in [-0.25, -0.2) is 0 Å². The summed E-state index contributed by atoms with van der Waals surface area (Å²) in [6.45, 7) is 10.2. The first kappa shape index (κ1) is 13.8. The van der Waals surface area contributed by atoms with Crippen LogP contribution in [0.1, 0.15) is 42.5 Å². The zero-order valence-corrected chi connectivity index (χ0v) is 12.4. The average molecular weight is 261 g/mol. The summed E-state index contributed by atoms with van der Waals surface area (Å²) in [5.74, 6) is 0. The van der Waals surface area contributed by atoms with E-state index in [1.165, 1.54) is 17.0 Å². The molecule has 104 valence electrons. The molecule has 0 saturated carbocycles. The molecular formula is C14H23N5. The van der Waals surface area contributed by atoms with E-state index >= 15 is 0 Å². The summed E-state index contributed by atoms with van der Waals surface area (Å²) in [6, 6.07) is 2.24. The van der Waals surface area contributed by atoms with E-state index in [1.807, 2.05) is 22.6 Å². The van der Waals surface area contributed by atoms with Gasteiger partial charge in [0.2, 0.25) is 0 Å². The van der Waals surface area contributed by atoms with E-state index < -0.39 is 0 Å². The van der Waals surface area contributed by atoms with Gasteiger partial charge in [0.05, 0.1) is 17.4 Å². The Kier molecular flexibility index (Phi) is 4.04. The molecule has 5 heteroatoms. The van der Waals surface area contributed by atoms with Crippen molar-refractivity contribution >= 4 is 0 Å². The summed E-state index contributed by atoms with van der Waals surface area (Å²) >= 11 is 0. The highest BCUT2D eigenvalue weighted by atomic mass is 15.3. The number of hydrogen-bond donors (Lipinski definition) is 1. The lowest BCUT2D eigenvalue weighted by Gasteiger charge is -2.20. The Morgan fingerprint density at radius 1 is 1.32 bits per heavy atom. The van der Waals surface area contributed by atoms with Crippen molar-refractivity contribution in [1.82, 2.24) is 24.9 Å². The lowest BCUT2D eigenvalue weighted by molar-refractivity contribution is 0.539. The highest BCUT2D eigenvalue weighted by Crippen LogP contribution is 2.27. The van der Waals surface area contributed by atoms with Crippen LogP contribution in [0, 0.1) is 13.8 Å². The van der Waals surface area contributed by atoms with Crippen molar-refractivity contribution in [2.45, 2.75) is 40.3 Å². The molecule has 2 aromatic rings. The largest absolute Gasteiger partial charge is 0.305 e. The van der Waals surface area contributed by atoms with Gasteiger partial charge in [-0.2, -0.15) is 10.2 Å². The fraction of sp³-hybridized carbons (Fsp3) is 0.571. The zero-order chi connectivity index (χ0) is 14.0. The number of hydrogen-bond acceptors (Lipinski definition) is 3. The average Bonchev–Trinajstić information content (AvgIpc) is 2.94. The van der Waals surface area contributed by atoms with Crippen molar-refractivity contribution in [2.24, 2.45) is 7.05 Å². The Morgan fingerprint density at radius 3 is 2.58 bits per heavy atom. The van der Waals surface area contributed by atoms with Gasteiger partial charge in [0.1, 0.15) is 0 Å². The summed E-state index contributed by atoms with van der Waals surface area (Å²) in [6.07, 6.45) is 1.87. The molecule has 0 aliphatic rings. The number of aromatic nitrogens is 4. The van der Waals surface area contributed by atoms with Crippen molar-refractivity contribution in [3.8, 4) is 0 Å². The highest BCUT2D eigenvalue weighted by Gasteiger charge is 2.23. The van der Waals surface area contributed by atoms with Crippen molar-refractivity contribution in [2.75, 3.05) is 6.54 Å². The summed E-state index contributed by atoms with van der Waals surface area (Å²) in [7, 11) is 1.99. The topological polar surface area (TPSA) is 47.7 Å². The molecule has 1 N–H and O–H groups in total. The smallest absolute Gasteiger partial charge is 0.0784 e. The van der Waals surface area contributed by atoms with Crippen LogP contribution in [0.25, 0.3) is 0 Å². The maximum Gasteiger partial charge on any atom is 0.0784 e. The van der Waals surface area contributed by atoms with E-state index in [-0.39, 0.29) is 6.04 Å². The summed E-state index contributed by atoms with van der Waals surface area (Å²) in [5, 5.41) is 12.5. The fourth-order valence-electron chi connectivity index (χ4n) is 2.62. The van der Waals surface area contributed by atoms with Crippen LogP contribution in [0.4, 0.5) is 0 Å². The van der Waals surface area contributed by atoms with Crippen LogP contribution in [0.3, 0.4) is 0 Å². The minimum absolute atomic E-state index is 0.154. The molecular weight excluding hydrogens is 238 g/mol. The first-order valence-electron chi connectivity index (χ1n) is 6.85. The van der Waals surface area contributed by atoms with Crippen LogP contribution >= 0.6 is 0 Å². The standard InChI is InChI=1S/C14H23N5/c1-6-15-14(12-8-9-16-19(12)7-2)13-10(3)17-18(5)11(13)4/h8-9,14-15H,6-7H2,1-5H3. The summed E-state index contributed by atoms with van der Waals surface area (Å²) < 4.78 is 3.99. The van der Waals surface area contributed by atoms with Crippen LogP contribution in [0.15, 0.2) is 12.3 Å². The zero-order valence-electron chi connectivity index (χ0n) is 12.4. The van der Waals surface area contributed by atoms with Crippen molar-refractivity contribution in [1.29, 1.82) is 0 Å². The van der Waals surface area contributed by atoms with Gasteiger partial charge in [0.25, 0.3) is 0 Å². The van der Waals surface area contributed by atoms with Crippen LogP contribution < -0.4 is 5.32 Å². The molecule has 0 spiro atoms. The predicted molar refractivity (Wildman–Crippen MR) is 76.1 cm³/mol. The summed E-state index contributed by atoms with van der Waals surface area (Å²) in [5.41, 5.74) is 4.74. The van der Waals surface area contributed by atoms with Crippen LogP contribution in [0.5, 0.6) is 0 Å². The Bertz CT molecular complexity index is 552. The van der Waals surface area contributed by atoms with E-state index in [2.05, 4.69) is 49.3 Å². The van der Waals surface area contributed by atoms with Gasteiger partial charge in [-0.05, 0) is 33.4 Å². The SMILES string of the molecule is CCNC(c1c(C)nn(C)c1C)c1ccnn1CC. The van der Waals surface area contributed by atoms with Gasteiger partial charge in [-0.15, -0.1) is 0 Å². The van der Waals surface area contributed by atoms with Crippen molar-refractivity contribution < 1.29 is 0 Å². The van der Waals surface area contributed by atoms with Gasteiger partial charge in [0.15, 0.2) is 0 Å². The molecule has 2 heterocycles. The summed E-state index contributed by atoms with van der Waals surface area (Å²) in [4.78, 5) is 0. The maximum absolute atomic E-state index is 4.53. The number of aryl methyl sites for hydroxylation is 3. The fourth-order valence-corrected chi connectivity index (χ4v) is 2.62. The lowest BCUT2D eigenvalue weighted by atomic mass is 10.0. The molecule has 0 radical (unpaired) electrons. The molecule has 5 nitrogen and oxygen atoms in total. The molecule has 2 aromatic heterocycles. The number of rotatable bonds is 5. The lowest BCUT2D eigenvalue weighted by Crippen LogP contribution is -2.25. The van der Waals surface area contributed by atoms with Gasteiger partial charge >= 0.3 is 0 Å². The second-order valence-electron chi connectivity index (χ2n) is 4.77. The van der Waals surface area contributed by atoms with Crippen LogP contribution in [0.2, 0.25) is 0 Å². The minimum atomic E-state index is 0.154. The van der Waals surface area contributed by atoms with Crippen molar-refractivity contribution in [3.05, 3.63) is 34.9 Å². The third-order valence-corrected chi connectivity index (χ3v) is 3.61. The van der Waals surface area contributed by atoms with Crippen molar-refractivity contribution in [3.63, 3.8) is 0 Å². The van der Waals surface area contributed by atoms with Crippen LogP contribution in [-0.2, 0) is 13.6 Å². The van der Waals surface area contributed by atoms with E-state index in [1.54, 1.807) is 0 Å². The molecule has 0 aliphatic carbocycles. The normalized spacial score (nSPS) is 12.9.